The van der Waals surface area contributed by atoms with E-state index < -0.39 is 5.60 Å². The van der Waals surface area contributed by atoms with Crippen LogP contribution in [0.2, 0.25) is 0 Å². The van der Waals surface area contributed by atoms with Crippen LogP contribution in [0.1, 0.15) is 44.7 Å². The van der Waals surface area contributed by atoms with Crippen LogP contribution in [0.4, 0.5) is 0 Å². The molecule has 1 aromatic heterocycles. The van der Waals surface area contributed by atoms with Crippen LogP contribution in [0.5, 0.6) is 0 Å². The molecule has 0 aliphatic carbocycles. The van der Waals surface area contributed by atoms with Gasteiger partial charge in [-0.2, -0.15) is 0 Å². The van der Waals surface area contributed by atoms with Gasteiger partial charge in [0.2, 0.25) is 0 Å². The van der Waals surface area contributed by atoms with Crippen LogP contribution in [-0.2, 0) is 6.42 Å². The minimum atomic E-state index is -0.648. The summed E-state index contributed by atoms with van der Waals surface area (Å²) in [4.78, 5) is 4.11. The van der Waals surface area contributed by atoms with Gasteiger partial charge in [-0.05, 0) is 37.0 Å². The van der Waals surface area contributed by atoms with Crippen molar-refractivity contribution in [3.05, 3.63) is 29.6 Å². The highest BCUT2D eigenvalue weighted by molar-refractivity contribution is 5.27. The van der Waals surface area contributed by atoms with Crippen LogP contribution in [0.3, 0.4) is 0 Å². The van der Waals surface area contributed by atoms with Gasteiger partial charge in [-0.3, -0.25) is 4.98 Å². The van der Waals surface area contributed by atoms with Crippen molar-refractivity contribution in [2.24, 2.45) is 0 Å². The van der Waals surface area contributed by atoms with E-state index in [4.69, 9.17) is 0 Å². The van der Waals surface area contributed by atoms with Crippen LogP contribution < -0.4 is 0 Å². The van der Waals surface area contributed by atoms with E-state index in [1.165, 1.54) is 11.1 Å². The number of pyridine rings is 1. The van der Waals surface area contributed by atoms with Crippen LogP contribution in [0, 0.1) is 0 Å². The van der Waals surface area contributed by atoms with Crippen molar-refractivity contribution in [2.45, 2.75) is 45.6 Å². The second kappa shape index (κ2) is 4.09. The third-order valence-electron chi connectivity index (χ3n) is 2.19. The van der Waals surface area contributed by atoms with Gasteiger partial charge >= 0.3 is 0 Å². The Kier molecular flexibility index (Phi) is 3.27. The molecule has 78 valence electrons. The van der Waals surface area contributed by atoms with Gasteiger partial charge in [0, 0.05) is 18.8 Å². The fourth-order valence-corrected chi connectivity index (χ4v) is 1.58. The van der Waals surface area contributed by atoms with E-state index in [0.29, 0.717) is 12.3 Å². The van der Waals surface area contributed by atoms with Gasteiger partial charge in [0.15, 0.2) is 0 Å². The summed E-state index contributed by atoms with van der Waals surface area (Å²) in [6.45, 7) is 7.95. The first-order valence-electron chi connectivity index (χ1n) is 5.05. The van der Waals surface area contributed by atoms with Gasteiger partial charge in [0.05, 0.1) is 5.60 Å². The summed E-state index contributed by atoms with van der Waals surface area (Å²) in [5, 5.41) is 9.76. The Hall–Kier alpha value is -0.890. The van der Waals surface area contributed by atoms with Crippen LogP contribution >= 0.6 is 0 Å². The van der Waals surface area contributed by atoms with E-state index in [1.807, 2.05) is 26.1 Å². The minimum absolute atomic E-state index is 0.459. The second-order valence-corrected chi connectivity index (χ2v) is 4.72. The average Bonchev–Trinajstić information content (AvgIpc) is 2.01. The van der Waals surface area contributed by atoms with Crippen molar-refractivity contribution in [1.29, 1.82) is 0 Å². The van der Waals surface area contributed by atoms with Gasteiger partial charge in [-0.15, -0.1) is 0 Å². The summed E-state index contributed by atoms with van der Waals surface area (Å²) in [5.74, 6) is 0.459. The zero-order valence-corrected chi connectivity index (χ0v) is 9.41. The molecule has 1 rings (SSSR count). The Morgan fingerprint density at radius 1 is 1.43 bits per heavy atom. The molecule has 0 radical (unpaired) electrons. The molecule has 1 aromatic rings. The highest BCUT2D eigenvalue weighted by atomic mass is 16.3. The average molecular weight is 193 g/mol. The quantitative estimate of drug-likeness (QED) is 0.800. The maximum atomic E-state index is 9.76. The van der Waals surface area contributed by atoms with Crippen molar-refractivity contribution in [3.63, 3.8) is 0 Å². The molecule has 0 atom stereocenters. The van der Waals surface area contributed by atoms with Gasteiger partial charge in [-0.1, -0.05) is 13.8 Å². The summed E-state index contributed by atoms with van der Waals surface area (Å²) in [6.07, 6.45) is 4.36. The van der Waals surface area contributed by atoms with Crippen molar-refractivity contribution < 1.29 is 5.11 Å². The van der Waals surface area contributed by atoms with E-state index >= 15 is 0 Å². The second-order valence-electron chi connectivity index (χ2n) is 4.72. The Bertz CT molecular complexity index is 299. The van der Waals surface area contributed by atoms with Crippen molar-refractivity contribution in [3.8, 4) is 0 Å². The van der Waals surface area contributed by atoms with Crippen molar-refractivity contribution in [2.75, 3.05) is 0 Å². The molecule has 0 amide bonds. The summed E-state index contributed by atoms with van der Waals surface area (Å²) in [7, 11) is 0. The molecule has 1 heterocycles. The lowest BCUT2D eigenvalue weighted by molar-refractivity contribution is 0.0807. The van der Waals surface area contributed by atoms with E-state index in [1.54, 1.807) is 6.20 Å². The SMILES string of the molecule is CC(C)c1cnccc1CC(C)(C)O. The summed E-state index contributed by atoms with van der Waals surface area (Å²) in [5.41, 5.74) is 1.78. The number of hydrogen-bond donors (Lipinski definition) is 1. The molecule has 0 aliphatic rings. The normalized spacial score (nSPS) is 12.1. The van der Waals surface area contributed by atoms with Crippen LogP contribution in [-0.4, -0.2) is 15.7 Å². The Morgan fingerprint density at radius 3 is 2.57 bits per heavy atom. The molecule has 1 N–H and O–H groups in total. The van der Waals surface area contributed by atoms with Gasteiger partial charge in [0.25, 0.3) is 0 Å². The number of nitrogens with zero attached hydrogens (tertiary/aromatic N) is 1. The molecule has 0 aliphatic heterocycles. The zero-order valence-electron chi connectivity index (χ0n) is 9.41. The number of hydrogen-bond acceptors (Lipinski definition) is 2. The first-order valence-corrected chi connectivity index (χ1v) is 5.05. The highest BCUT2D eigenvalue weighted by Crippen LogP contribution is 2.21. The van der Waals surface area contributed by atoms with E-state index in [-0.39, 0.29) is 0 Å². The predicted molar refractivity (Wildman–Crippen MR) is 58.3 cm³/mol. The molecule has 2 nitrogen and oxygen atoms in total. The number of aliphatic hydroxyl groups is 1. The van der Waals surface area contributed by atoms with E-state index in [9.17, 15) is 5.11 Å². The first kappa shape index (κ1) is 11.2. The highest BCUT2D eigenvalue weighted by Gasteiger charge is 2.16. The Morgan fingerprint density at radius 2 is 2.07 bits per heavy atom. The summed E-state index contributed by atoms with van der Waals surface area (Å²) >= 11 is 0. The van der Waals surface area contributed by atoms with E-state index in [2.05, 4.69) is 18.8 Å². The standard InChI is InChI=1S/C12H19NO/c1-9(2)11-8-13-6-5-10(11)7-12(3,4)14/h5-6,8-9,14H,7H2,1-4H3. The fraction of sp³-hybridized carbons (Fsp3) is 0.583. The predicted octanol–water partition coefficient (Wildman–Crippen LogP) is 2.52. The molecule has 0 bridgehead atoms. The maximum Gasteiger partial charge on any atom is 0.0632 e. The third kappa shape index (κ3) is 3.11. The molecule has 0 spiro atoms. The summed E-state index contributed by atoms with van der Waals surface area (Å²) < 4.78 is 0. The lowest BCUT2D eigenvalue weighted by Gasteiger charge is -2.20. The van der Waals surface area contributed by atoms with Crippen molar-refractivity contribution in [1.82, 2.24) is 4.98 Å². The van der Waals surface area contributed by atoms with Gasteiger partial charge in [-0.25, -0.2) is 0 Å². The fourth-order valence-electron chi connectivity index (χ4n) is 1.58. The lowest BCUT2D eigenvalue weighted by atomic mass is 9.92. The Labute approximate surface area is 86.0 Å². The molecule has 0 unspecified atom stereocenters. The van der Waals surface area contributed by atoms with Crippen molar-refractivity contribution >= 4 is 0 Å². The molecule has 0 aromatic carbocycles. The zero-order chi connectivity index (χ0) is 10.8. The molecule has 0 saturated carbocycles. The monoisotopic (exact) mass is 193 g/mol. The molecular formula is C12H19NO. The lowest BCUT2D eigenvalue weighted by Crippen LogP contribution is -2.22. The topological polar surface area (TPSA) is 33.1 Å². The van der Waals surface area contributed by atoms with Crippen LogP contribution in [0.25, 0.3) is 0 Å². The van der Waals surface area contributed by atoms with E-state index in [0.717, 1.165) is 0 Å². The van der Waals surface area contributed by atoms with Crippen LogP contribution in [0.15, 0.2) is 18.5 Å². The number of aromatic nitrogens is 1. The first-order chi connectivity index (χ1) is 6.40. The third-order valence-corrected chi connectivity index (χ3v) is 2.19. The maximum absolute atomic E-state index is 9.76. The smallest absolute Gasteiger partial charge is 0.0632 e. The minimum Gasteiger partial charge on any atom is -0.390 e. The molecule has 0 saturated heterocycles. The molecular weight excluding hydrogens is 174 g/mol. The van der Waals surface area contributed by atoms with Gasteiger partial charge < -0.3 is 5.11 Å². The molecule has 0 fully saturated rings. The molecule has 14 heavy (non-hydrogen) atoms. The summed E-state index contributed by atoms with van der Waals surface area (Å²) in [6, 6.07) is 1.99. The largest absolute Gasteiger partial charge is 0.390 e. The van der Waals surface area contributed by atoms with Gasteiger partial charge in [0.1, 0.15) is 0 Å². The molecule has 2 heteroatoms. The Balaban J connectivity index is 2.96. The number of rotatable bonds is 3.